The first-order valence-corrected chi connectivity index (χ1v) is 14.2. The number of nitrogens with one attached hydrogen (secondary N) is 2. The summed E-state index contributed by atoms with van der Waals surface area (Å²) in [4.78, 5) is 17.4. The van der Waals surface area contributed by atoms with Crippen LogP contribution in [-0.4, -0.2) is 58.1 Å². The van der Waals surface area contributed by atoms with Crippen molar-refractivity contribution in [2.75, 3.05) is 11.9 Å². The molecule has 1 amide bonds. The number of aliphatic hydroxyl groups is 1. The molecule has 2 aromatic rings. The summed E-state index contributed by atoms with van der Waals surface area (Å²) in [6, 6.07) is 1.70. The summed E-state index contributed by atoms with van der Waals surface area (Å²) < 4.78 is 57.0. The van der Waals surface area contributed by atoms with Crippen LogP contribution in [0.25, 0.3) is 11.3 Å². The van der Waals surface area contributed by atoms with Crippen LogP contribution in [0.1, 0.15) is 82.8 Å². The largest absolute Gasteiger partial charge is 0.391 e. The van der Waals surface area contributed by atoms with Crippen molar-refractivity contribution in [1.82, 2.24) is 20.1 Å². The fraction of sp³-hybridized carbons (Fsp3) is 0.654. The predicted molar refractivity (Wildman–Crippen MR) is 148 cm³/mol. The van der Waals surface area contributed by atoms with E-state index in [9.17, 15) is 23.1 Å². The van der Waals surface area contributed by atoms with E-state index in [1.807, 2.05) is 13.8 Å². The van der Waals surface area contributed by atoms with Gasteiger partial charge in [-0.25, -0.2) is 4.98 Å². The molecule has 0 atom stereocenters. The topological polar surface area (TPSA) is 126 Å². The van der Waals surface area contributed by atoms with E-state index in [2.05, 4.69) is 27.6 Å². The van der Waals surface area contributed by atoms with Crippen molar-refractivity contribution in [3.8, 4) is 11.3 Å². The minimum Gasteiger partial charge on any atom is -0.388 e. The van der Waals surface area contributed by atoms with Crippen LogP contribution in [0, 0.1) is 5.92 Å². The number of nitrogens with zero attached hydrogens (tertiary/aromatic N) is 3. The average molecular weight is 608 g/mol. The molecule has 1 aliphatic rings. The number of anilines is 1. The van der Waals surface area contributed by atoms with E-state index >= 15 is 0 Å². The number of aromatic nitrogens is 3. The molecule has 1 aliphatic carbocycles. The molecule has 0 saturated heterocycles. The Morgan fingerprint density at radius 1 is 1.25 bits per heavy atom. The van der Waals surface area contributed by atoms with Crippen LogP contribution in [0.3, 0.4) is 0 Å². The molecular formula is C26H37ClF3N5O4S. The number of aryl methyl sites for hydroxylation is 2. The van der Waals surface area contributed by atoms with E-state index in [0.29, 0.717) is 48.8 Å². The zero-order valence-corrected chi connectivity index (χ0v) is 24.9. The third kappa shape index (κ3) is 9.27. The number of pyridine rings is 1. The molecule has 2 heterocycles. The lowest BCUT2D eigenvalue weighted by atomic mass is 9.79. The van der Waals surface area contributed by atoms with Gasteiger partial charge in [0.05, 0.1) is 22.7 Å². The summed E-state index contributed by atoms with van der Waals surface area (Å²) in [6.45, 7) is 9.45. The Morgan fingerprint density at radius 2 is 1.85 bits per heavy atom. The van der Waals surface area contributed by atoms with Crippen molar-refractivity contribution in [3.05, 3.63) is 28.5 Å². The molecule has 3 rings (SSSR count). The molecular weight excluding hydrogens is 571 g/mol. The lowest BCUT2D eigenvalue weighted by molar-refractivity contribution is -0.142. The van der Waals surface area contributed by atoms with Crippen LogP contribution in [0.2, 0.25) is 5.02 Å². The fourth-order valence-corrected chi connectivity index (χ4v) is 5.16. The molecule has 224 valence electrons. The average Bonchev–Trinajstić information content (AvgIpc) is 3.19. The highest BCUT2D eigenvalue weighted by Gasteiger charge is 2.37. The number of alkyl halides is 3. The number of amides is 1. The SMILES string of the molecule is CCc1cc(NC(C)(C)CC(F)(F)F)ncc1-c1c(Cl)c(C(=O)NCC2(O)CCC(C)CC2)nn1CC.O=S=O. The van der Waals surface area contributed by atoms with Crippen LogP contribution in [-0.2, 0) is 24.5 Å². The molecule has 1 fully saturated rings. The summed E-state index contributed by atoms with van der Waals surface area (Å²) in [7, 11) is 0. The summed E-state index contributed by atoms with van der Waals surface area (Å²) in [5.41, 5.74) is -0.153. The van der Waals surface area contributed by atoms with Gasteiger partial charge in [0.2, 0.25) is 0 Å². The highest BCUT2D eigenvalue weighted by atomic mass is 35.5. The number of halogens is 4. The van der Waals surface area contributed by atoms with Gasteiger partial charge in [0.25, 0.3) is 5.91 Å². The van der Waals surface area contributed by atoms with Gasteiger partial charge in [-0.3, -0.25) is 9.48 Å². The third-order valence-electron chi connectivity index (χ3n) is 6.93. The minimum atomic E-state index is -4.31. The molecule has 0 unspecified atom stereocenters. The van der Waals surface area contributed by atoms with Crippen LogP contribution in [0.5, 0.6) is 0 Å². The quantitative estimate of drug-likeness (QED) is 0.352. The van der Waals surface area contributed by atoms with E-state index in [1.165, 1.54) is 13.8 Å². The maximum Gasteiger partial charge on any atom is 0.391 e. The predicted octanol–water partition coefficient (Wildman–Crippen LogP) is 5.32. The molecule has 3 N–H and O–H groups in total. The van der Waals surface area contributed by atoms with E-state index in [0.717, 1.165) is 18.4 Å². The van der Waals surface area contributed by atoms with Gasteiger partial charge in [-0.15, -0.1) is 0 Å². The molecule has 0 radical (unpaired) electrons. The van der Waals surface area contributed by atoms with E-state index < -0.39 is 41.2 Å². The van der Waals surface area contributed by atoms with Crippen molar-refractivity contribution >= 4 is 34.9 Å². The maximum absolute atomic E-state index is 13.0. The number of carbonyl (C=O) groups is 1. The van der Waals surface area contributed by atoms with Gasteiger partial charge in [-0.1, -0.05) is 25.4 Å². The fourth-order valence-electron chi connectivity index (χ4n) is 4.84. The van der Waals surface area contributed by atoms with Crippen LogP contribution < -0.4 is 10.6 Å². The van der Waals surface area contributed by atoms with Crippen molar-refractivity contribution in [1.29, 1.82) is 0 Å². The number of hydrogen-bond donors (Lipinski definition) is 3. The standard InChI is InChI=1S/C26H37ClF3N5O2.O2S/c1-6-17-12-19(33-24(4,5)14-26(28,29)30)31-13-18(17)22-20(27)21(34-35(22)7-2)23(36)32-15-25(37)10-8-16(3)9-11-25;1-3-2/h12-13,16,37H,6-11,14-15H2,1-5H3,(H,31,33)(H,32,36);. The Kier molecular flexibility index (Phi) is 11.7. The Balaban J connectivity index is 0.00000178. The van der Waals surface area contributed by atoms with Gasteiger partial charge >= 0.3 is 17.7 Å². The monoisotopic (exact) mass is 607 g/mol. The minimum absolute atomic E-state index is 0.0573. The van der Waals surface area contributed by atoms with Gasteiger partial charge in [0.1, 0.15) is 5.82 Å². The van der Waals surface area contributed by atoms with Crippen molar-refractivity contribution in [3.63, 3.8) is 0 Å². The first-order chi connectivity index (χ1) is 18.6. The first-order valence-electron chi connectivity index (χ1n) is 13.1. The van der Waals surface area contributed by atoms with Gasteiger partial charge in [0.15, 0.2) is 5.69 Å². The number of carbonyl (C=O) groups excluding carboxylic acids is 1. The van der Waals surface area contributed by atoms with Gasteiger partial charge < -0.3 is 15.7 Å². The summed E-state index contributed by atoms with van der Waals surface area (Å²) >= 11 is 5.94. The maximum atomic E-state index is 13.0. The smallest absolute Gasteiger partial charge is 0.388 e. The summed E-state index contributed by atoms with van der Waals surface area (Å²) in [6.07, 6.45) is -0.137. The zero-order chi connectivity index (χ0) is 30.3. The lowest BCUT2D eigenvalue weighted by Gasteiger charge is -2.34. The first kappa shape index (κ1) is 33.7. The molecule has 0 aliphatic heterocycles. The number of rotatable bonds is 9. The molecule has 40 heavy (non-hydrogen) atoms. The van der Waals surface area contributed by atoms with Gasteiger partial charge in [-0.05, 0) is 70.4 Å². The normalized spacial score (nSPS) is 19.4. The second-order valence-electron chi connectivity index (χ2n) is 10.9. The Hall–Kier alpha value is -2.51. The lowest BCUT2D eigenvalue weighted by Crippen LogP contribution is -2.45. The van der Waals surface area contributed by atoms with Gasteiger partial charge in [-0.2, -0.15) is 26.7 Å². The molecule has 2 aromatic heterocycles. The van der Waals surface area contributed by atoms with E-state index in [-0.39, 0.29) is 17.3 Å². The highest BCUT2D eigenvalue weighted by molar-refractivity contribution is 7.51. The van der Waals surface area contributed by atoms with Gasteiger partial charge in [0, 0.05) is 30.4 Å². The molecule has 14 heteroatoms. The summed E-state index contributed by atoms with van der Waals surface area (Å²) in [5, 5.41) is 21.1. The highest BCUT2D eigenvalue weighted by Crippen LogP contribution is 2.36. The van der Waals surface area contributed by atoms with Crippen molar-refractivity contribution < 1.29 is 31.5 Å². The molecule has 9 nitrogen and oxygen atoms in total. The molecule has 1 saturated carbocycles. The molecule has 0 aromatic carbocycles. The van der Waals surface area contributed by atoms with Crippen LogP contribution in [0.4, 0.5) is 19.0 Å². The Morgan fingerprint density at radius 3 is 2.38 bits per heavy atom. The Bertz CT molecular complexity index is 1210. The second kappa shape index (κ2) is 13.9. The third-order valence-corrected chi connectivity index (χ3v) is 7.28. The van der Waals surface area contributed by atoms with Crippen molar-refractivity contribution in [2.24, 2.45) is 5.92 Å². The zero-order valence-electron chi connectivity index (χ0n) is 23.3. The molecule has 0 spiro atoms. The molecule has 0 bridgehead atoms. The second-order valence-corrected chi connectivity index (χ2v) is 11.4. The van der Waals surface area contributed by atoms with Crippen LogP contribution in [0.15, 0.2) is 12.3 Å². The van der Waals surface area contributed by atoms with E-state index in [4.69, 9.17) is 20.0 Å². The Labute approximate surface area is 240 Å². The number of hydrogen-bond acceptors (Lipinski definition) is 7. The van der Waals surface area contributed by atoms with Crippen LogP contribution >= 0.6 is 11.6 Å². The van der Waals surface area contributed by atoms with Crippen molar-refractivity contribution in [2.45, 2.75) is 97.0 Å². The van der Waals surface area contributed by atoms with E-state index in [1.54, 1.807) is 16.9 Å². The summed E-state index contributed by atoms with van der Waals surface area (Å²) in [5.74, 6) is 0.414.